The second-order valence-electron chi connectivity index (χ2n) is 10.6. The molecule has 1 atom stereocenters. The van der Waals surface area contributed by atoms with Crippen LogP contribution in [0.5, 0.6) is 5.75 Å². The molecule has 220 valence electrons. The molecule has 8 nitrogen and oxygen atoms in total. The van der Waals surface area contributed by atoms with Crippen molar-refractivity contribution in [2.24, 2.45) is 5.92 Å². The van der Waals surface area contributed by atoms with E-state index in [4.69, 9.17) is 4.74 Å². The fraction of sp³-hybridized carbons (Fsp3) is 0.375. The lowest BCUT2D eigenvalue weighted by atomic mass is 10.1. The van der Waals surface area contributed by atoms with Crippen LogP contribution in [0.4, 0.5) is 5.69 Å². The fourth-order valence-electron chi connectivity index (χ4n) is 4.47. The number of methoxy groups -OCH3 is 1. The SMILES string of the molecule is CC[C@H](C(=O)NCC(C)C)N(Cc1ccccc1)C(=O)CN(c1cc(C)ccc1OC)S(=O)(=O)c1ccc(C)cc1. The quantitative estimate of drug-likeness (QED) is 0.305. The normalized spacial score (nSPS) is 12.1. The van der Waals surface area contributed by atoms with Gasteiger partial charge >= 0.3 is 0 Å². The molecule has 0 aliphatic heterocycles. The molecule has 0 spiro atoms. The van der Waals surface area contributed by atoms with Crippen molar-refractivity contribution in [1.29, 1.82) is 0 Å². The lowest BCUT2D eigenvalue weighted by molar-refractivity contribution is -0.140. The average Bonchev–Trinajstić information content (AvgIpc) is 2.95. The Hall–Kier alpha value is -3.85. The number of aryl methyl sites for hydroxylation is 2. The molecule has 9 heteroatoms. The van der Waals surface area contributed by atoms with Gasteiger partial charge in [0.15, 0.2) is 0 Å². The Bertz CT molecular complexity index is 1420. The van der Waals surface area contributed by atoms with Gasteiger partial charge in [-0.25, -0.2) is 8.42 Å². The van der Waals surface area contributed by atoms with Crippen LogP contribution in [0.2, 0.25) is 0 Å². The van der Waals surface area contributed by atoms with Gasteiger partial charge in [0.1, 0.15) is 18.3 Å². The Morgan fingerprint density at radius 2 is 1.56 bits per heavy atom. The topological polar surface area (TPSA) is 96.0 Å². The van der Waals surface area contributed by atoms with E-state index in [9.17, 15) is 18.0 Å². The summed E-state index contributed by atoms with van der Waals surface area (Å²) in [4.78, 5) is 29.0. The van der Waals surface area contributed by atoms with Crippen LogP contribution in [-0.2, 0) is 26.2 Å². The molecule has 0 aliphatic rings. The molecular weight excluding hydrogens is 538 g/mol. The number of ether oxygens (including phenoxy) is 1. The molecule has 0 aliphatic carbocycles. The first-order chi connectivity index (χ1) is 19.5. The maximum atomic E-state index is 14.2. The number of carbonyl (C=O) groups is 2. The van der Waals surface area contributed by atoms with Crippen LogP contribution in [0.3, 0.4) is 0 Å². The van der Waals surface area contributed by atoms with Gasteiger partial charge in [0.05, 0.1) is 17.7 Å². The first kappa shape index (κ1) is 31.7. The van der Waals surface area contributed by atoms with E-state index in [0.717, 1.165) is 21.0 Å². The number of hydrogen-bond acceptors (Lipinski definition) is 5. The highest BCUT2D eigenvalue weighted by Gasteiger charge is 2.34. The van der Waals surface area contributed by atoms with Gasteiger partial charge in [-0.15, -0.1) is 0 Å². The van der Waals surface area contributed by atoms with Gasteiger partial charge in [0.2, 0.25) is 11.8 Å². The molecule has 0 saturated heterocycles. The van der Waals surface area contributed by atoms with Crippen molar-refractivity contribution >= 4 is 27.5 Å². The third-order valence-corrected chi connectivity index (χ3v) is 8.53. The van der Waals surface area contributed by atoms with Crippen LogP contribution < -0.4 is 14.4 Å². The summed E-state index contributed by atoms with van der Waals surface area (Å²) < 4.78 is 34.8. The Morgan fingerprint density at radius 3 is 2.15 bits per heavy atom. The van der Waals surface area contributed by atoms with E-state index in [1.807, 2.05) is 71.0 Å². The summed E-state index contributed by atoms with van der Waals surface area (Å²) in [7, 11) is -2.73. The summed E-state index contributed by atoms with van der Waals surface area (Å²) >= 11 is 0. The highest BCUT2D eigenvalue weighted by Crippen LogP contribution is 2.34. The molecule has 0 bridgehead atoms. The second-order valence-corrected chi connectivity index (χ2v) is 12.4. The van der Waals surface area contributed by atoms with E-state index in [1.54, 1.807) is 24.3 Å². The molecule has 3 aromatic rings. The standard InChI is InChI=1S/C32H41N3O5S/c1-7-28(32(37)33-20-23(2)3)34(21-26-11-9-8-10-12-26)31(36)22-35(29-19-25(5)15-18-30(29)40-6)41(38,39)27-16-13-24(4)14-17-27/h8-19,23,28H,7,20-22H2,1-6H3,(H,33,37)/t28-/m1/s1. The van der Waals surface area contributed by atoms with Gasteiger partial charge in [-0.1, -0.05) is 74.9 Å². The van der Waals surface area contributed by atoms with Crippen molar-refractivity contribution < 1.29 is 22.7 Å². The molecule has 0 unspecified atom stereocenters. The van der Waals surface area contributed by atoms with Crippen LogP contribution in [0.15, 0.2) is 77.7 Å². The largest absolute Gasteiger partial charge is 0.495 e. The molecule has 0 saturated carbocycles. The number of hydrogen-bond donors (Lipinski definition) is 1. The van der Waals surface area contributed by atoms with E-state index in [0.29, 0.717) is 18.7 Å². The number of benzene rings is 3. The number of amides is 2. The van der Waals surface area contributed by atoms with Crippen LogP contribution >= 0.6 is 0 Å². The minimum absolute atomic E-state index is 0.0517. The molecule has 0 aromatic heterocycles. The highest BCUT2D eigenvalue weighted by atomic mass is 32.2. The van der Waals surface area contributed by atoms with Gasteiger partial charge in [-0.05, 0) is 61.6 Å². The minimum Gasteiger partial charge on any atom is -0.495 e. The van der Waals surface area contributed by atoms with Gasteiger partial charge < -0.3 is 15.0 Å². The summed E-state index contributed by atoms with van der Waals surface area (Å²) in [5.74, 6) is -0.222. The van der Waals surface area contributed by atoms with E-state index in [-0.39, 0.29) is 29.0 Å². The third kappa shape index (κ3) is 8.10. The second kappa shape index (κ2) is 14.2. The first-order valence-electron chi connectivity index (χ1n) is 13.8. The van der Waals surface area contributed by atoms with E-state index < -0.39 is 28.5 Å². The highest BCUT2D eigenvalue weighted by molar-refractivity contribution is 7.92. The predicted octanol–water partition coefficient (Wildman–Crippen LogP) is 5.09. The van der Waals surface area contributed by atoms with Crippen LogP contribution in [0.1, 0.15) is 43.9 Å². The Kier molecular flexibility index (Phi) is 10.9. The van der Waals surface area contributed by atoms with E-state index in [1.165, 1.54) is 24.1 Å². The zero-order valence-corrected chi connectivity index (χ0v) is 25.6. The lowest BCUT2D eigenvalue weighted by Gasteiger charge is -2.33. The Balaban J connectivity index is 2.10. The third-order valence-electron chi connectivity index (χ3n) is 6.76. The van der Waals surface area contributed by atoms with E-state index in [2.05, 4.69) is 5.32 Å². The molecule has 3 aromatic carbocycles. The zero-order valence-electron chi connectivity index (χ0n) is 24.8. The lowest BCUT2D eigenvalue weighted by Crippen LogP contribution is -2.52. The number of carbonyl (C=O) groups excluding carboxylic acids is 2. The molecule has 3 rings (SSSR count). The monoisotopic (exact) mass is 579 g/mol. The van der Waals surface area contributed by atoms with Crippen molar-refractivity contribution in [3.05, 3.63) is 89.5 Å². The summed E-state index contributed by atoms with van der Waals surface area (Å²) in [5.41, 5.74) is 2.79. The first-order valence-corrected chi connectivity index (χ1v) is 15.3. The summed E-state index contributed by atoms with van der Waals surface area (Å²) in [6.07, 6.45) is 0.362. The minimum atomic E-state index is -4.19. The smallest absolute Gasteiger partial charge is 0.264 e. The van der Waals surface area contributed by atoms with Gasteiger partial charge in [0, 0.05) is 13.1 Å². The van der Waals surface area contributed by atoms with Gasteiger partial charge in [0.25, 0.3) is 10.0 Å². The number of sulfonamides is 1. The van der Waals surface area contributed by atoms with Crippen molar-refractivity contribution in [2.75, 3.05) is 24.5 Å². The van der Waals surface area contributed by atoms with Crippen molar-refractivity contribution in [3.8, 4) is 5.75 Å². The van der Waals surface area contributed by atoms with Gasteiger partial charge in [-0.2, -0.15) is 0 Å². The molecule has 2 amide bonds. The number of nitrogens with one attached hydrogen (secondary N) is 1. The van der Waals surface area contributed by atoms with Crippen molar-refractivity contribution in [2.45, 2.75) is 58.5 Å². The maximum Gasteiger partial charge on any atom is 0.264 e. The van der Waals surface area contributed by atoms with Crippen LogP contribution in [0, 0.1) is 19.8 Å². The number of rotatable bonds is 13. The molecule has 0 radical (unpaired) electrons. The van der Waals surface area contributed by atoms with Crippen LogP contribution in [-0.4, -0.2) is 51.4 Å². The van der Waals surface area contributed by atoms with E-state index >= 15 is 0 Å². The van der Waals surface area contributed by atoms with Crippen molar-refractivity contribution in [3.63, 3.8) is 0 Å². The summed E-state index contributed by atoms with van der Waals surface area (Å²) in [6, 6.07) is 20.2. The molecule has 0 heterocycles. The fourth-order valence-corrected chi connectivity index (χ4v) is 5.88. The molecular formula is C32H41N3O5S. The van der Waals surface area contributed by atoms with Gasteiger partial charge in [-0.3, -0.25) is 13.9 Å². The van der Waals surface area contributed by atoms with Crippen molar-refractivity contribution in [1.82, 2.24) is 10.2 Å². The zero-order chi connectivity index (χ0) is 30.2. The Morgan fingerprint density at radius 1 is 0.927 bits per heavy atom. The molecule has 0 fully saturated rings. The summed E-state index contributed by atoms with van der Waals surface area (Å²) in [6.45, 7) is 9.65. The summed E-state index contributed by atoms with van der Waals surface area (Å²) in [5, 5.41) is 2.94. The molecule has 1 N–H and O–H groups in total. The molecule has 41 heavy (non-hydrogen) atoms. The number of nitrogens with zero attached hydrogens (tertiary/aromatic N) is 2. The number of anilines is 1. The predicted molar refractivity (Wildman–Crippen MR) is 162 cm³/mol. The average molecular weight is 580 g/mol. The Labute approximate surface area is 244 Å². The maximum absolute atomic E-state index is 14.2. The van der Waals surface area contributed by atoms with Crippen LogP contribution in [0.25, 0.3) is 0 Å².